The fraction of sp³-hybridized carbons (Fsp3) is 0.800. The van der Waals surface area contributed by atoms with E-state index in [0.29, 0.717) is 5.57 Å². The number of hydroxylamine groups is 2. The standard InChI is InChI=1S/C15H29NO2/c1-5-6-7-8-9-10-11-12-13-14(2)15(17)18-16(3)4/h13H,5-12H2,1-4H3. The molecule has 0 N–H and O–H groups in total. The molecule has 0 aliphatic rings. The highest BCUT2D eigenvalue weighted by Gasteiger charge is 2.06. The molecule has 3 heteroatoms. The van der Waals surface area contributed by atoms with Gasteiger partial charge in [0.15, 0.2) is 0 Å². The van der Waals surface area contributed by atoms with Crippen molar-refractivity contribution in [1.82, 2.24) is 5.06 Å². The molecule has 0 aliphatic heterocycles. The zero-order valence-electron chi connectivity index (χ0n) is 12.5. The Hall–Kier alpha value is -0.830. The number of hydrogen-bond donors (Lipinski definition) is 0. The smallest absolute Gasteiger partial charge is 0.352 e. The van der Waals surface area contributed by atoms with Gasteiger partial charge in [-0.2, -0.15) is 0 Å². The molecule has 0 fully saturated rings. The maximum atomic E-state index is 11.5. The number of nitrogens with zero attached hydrogens (tertiary/aromatic N) is 1. The van der Waals surface area contributed by atoms with E-state index in [1.54, 1.807) is 14.1 Å². The first-order chi connectivity index (χ1) is 8.57. The molecular weight excluding hydrogens is 226 g/mol. The van der Waals surface area contributed by atoms with Crippen molar-refractivity contribution in [3.63, 3.8) is 0 Å². The van der Waals surface area contributed by atoms with Crippen molar-refractivity contribution in [3.05, 3.63) is 11.6 Å². The molecule has 0 aromatic heterocycles. The Labute approximate surface area is 112 Å². The van der Waals surface area contributed by atoms with E-state index in [1.165, 1.54) is 50.0 Å². The Bertz CT molecular complexity index is 247. The summed E-state index contributed by atoms with van der Waals surface area (Å²) in [7, 11) is 3.42. The number of allylic oxidation sites excluding steroid dienone is 1. The highest BCUT2D eigenvalue weighted by Crippen LogP contribution is 2.10. The van der Waals surface area contributed by atoms with Crippen molar-refractivity contribution in [2.45, 2.75) is 65.2 Å². The van der Waals surface area contributed by atoms with Crippen molar-refractivity contribution >= 4 is 5.97 Å². The Morgan fingerprint density at radius 1 is 1.06 bits per heavy atom. The van der Waals surface area contributed by atoms with Gasteiger partial charge in [0, 0.05) is 19.7 Å². The Kier molecular flexibility index (Phi) is 10.8. The minimum atomic E-state index is -0.247. The zero-order valence-corrected chi connectivity index (χ0v) is 12.5. The summed E-state index contributed by atoms with van der Waals surface area (Å²) in [5, 5.41) is 1.42. The van der Waals surface area contributed by atoms with E-state index < -0.39 is 0 Å². The van der Waals surface area contributed by atoms with E-state index in [9.17, 15) is 4.79 Å². The van der Waals surface area contributed by atoms with Crippen LogP contribution in [0, 0.1) is 0 Å². The summed E-state index contributed by atoms with van der Waals surface area (Å²) >= 11 is 0. The van der Waals surface area contributed by atoms with E-state index in [2.05, 4.69) is 6.92 Å². The minimum absolute atomic E-state index is 0.247. The van der Waals surface area contributed by atoms with Gasteiger partial charge in [-0.05, 0) is 19.8 Å². The van der Waals surface area contributed by atoms with Gasteiger partial charge in [0.25, 0.3) is 0 Å². The van der Waals surface area contributed by atoms with Crippen LogP contribution >= 0.6 is 0 Å². The average Bonchev–Trinajstić information content (AvgIpc) is 2.31. The van der Waals surface area contributed by atoms with Crippen LogP contribution in [0.4, 0.5) is 0 Å². The van der Waals surface area contributed by atoms with E-state index >= 15 is 0 Å². The lowest BCUT2D eigenvalue weighted by molar-refractivity contribution is -0.172. The molecule has 0 heterocycles. The molecule has 3 nitrogen and oxygen atoms in total. The second-order valence-corrected chi connectivity index (χ2v) is 4.99. The van der Waals surface area contributed by atoms with E-state index in [4.69, 9.17) is 4.84 Å². The molecule has 18 heavy (non-hydrogen) atoms. The lowest BCUT2D eigenvalue weighted by Gasteiger charge is -2.09. The zero-order chi connectivity index (χ0) is 13.8. The molecule has 0 radical (unpaired) electrons. The number of carbonyl (C=O) groups is 1. The highest BCUT2D eigenvalue weighted by atomic mass is 16.7. The molecule has 106 valence electrons. The summed E-state index contributed by atoms with van der Waals surface area (Å²) in [6.45, 7) is 4.05. The molecule has 0 saturated heterocycles. The molecule has 0 rings (SSSR count). The van der Waals surface area contributed by atoms with Crippen molar-refractivity contribution in [2.24, 2.45) is 0 Å². The van der Waals surface area contributed by atoms with Crippen molar-refractivity contribution in [2.75, 3.05) is 14.1 Å². The average molecular weight is 255 g/mol. The number of rotatable bonds is 10. The quantitative estimate of drug-likeness (QED) is 0.334. The highest BCUT2D eigenvalue weighted by molar-refractivity contribution is 5.87. The lowest BCUT2D eigenvalue weighted by atomic mass is 10.1. The van der Waals surface area contributed by atoms with Crippen LogP contribution in [0.5, 0.6) is 0 Å². The molecule has 0 saturated carbocycles. The topological polar surface area (TPSA) is 29.5 Å². The third-order valence-corrected chi connectivity index (χ3v) is 2.85. The SMILES string of the molecule is CCCCCCCCCC=C(C)C(=O)ON(C)C. The molecule has 0 atom stereocenters. The fourth-order valence-corrected chi connectivity index (χ4v) is 1.74. The van der Waals surface area contributed by atoms with Crippen LogP contribution in [-0.2, 0) is 9.63 Å². The summed E-state index contributed by atoms with van der Waals surface area (Å²) < 4.78 is 0. The number of carbonyl (C=O) groups excluding carboxylic acids is 1. The van der Waals surface area contributed by atoms with E-state index in [-0.39, 0.29) is 5.97 Å². The molecular formula is C15H29NO2. The summed E-state index contributed by atoms with van der Waals surface area (Å²) in [5.74, 6) is -0.247. The van der Waals surface area contributed by atoms with Gasteiger partial charge in [0.1, 0.15) is 0 Å². The van der Waals surface area contributed by atoms with Crippen molar-refractivity contribution in [3.8, 4) is 0 Å². The van der Waals surface area contributed by atoms with Gasteiger partial charge in [-0.1, -0.05) is 51.5 Å². The first kappa shape index (κ1) is 17.2. The maximum Gasteiger partial charge on any atom is 0.352 e. The van der Waals surface area contributed by atoms with Crippen molar-refractivity contribution in [1.29, 1.82) is 0 Å². The summed E-state index contributed by atoms with van der Waals surface area (Å²) in [6.07, 6.45) is 12.1. The van der Waals surface area contributed by atoms with Gasteiger partial charge in [-0.25, -0.2) is 4.79 Å². The van der Waals surface area contributed by atoms with Gasteiger partial charge in [0.2, 0.25) is 0 Å². The summed E-state index contributed by atoms with van der Waals surface area (Å²) in [4.78, 5) is 16.4. The largest absolute Gasteiger partial charge is 0.365 e. The predicted octanol–water partition coefficient (Wildman–Crippen LogP) is 4.09. The normalized spacial score (nSPS) is 11.9. The lowest BCUT2D eigenvalue weighted by Crippen LogP contribution is -2.19. The van der Waals surface area contributed by atoms with Gasteiger partial charge in [0.05, 0.1) is 0 Å². The Morgan fingerprint density at radius 3 is 2.17 bits per heavy atom. The second-order valence-electron chi connectivity index (χ2n) is 4.99. The second kappa shape index (κ2) is 11.3. The van der Waals surface area contributed by atoms with Crippen LogP contribution in [0.15, 0.2) is 11.6 Å². The fourth-order valence-electron chi connectivity index (χ4n) is 1.74. The Balaban J connectivity index is 3.53. The van der Waals surface area contributed by atoms with Gasteiger partial charge in [-0.3, -0.25) is 0 Å². The molecule has 0 aliphatic carbocycles. The van der Waals surface area contributed by atoms with Crippen LogP contribution in [0.1, 0.15) is 65.2 Å². The third-order valence-electron chi connectivity index (χ3n) is 2.85. The van der Waals surface area contributed by atoms with Crippen LogP contribution in [0.2, 0.25) is 0 Å². The number of unbranched alkanes of at least 4 members (excludes halogenated alkanes) is 7. The summed E-state index contributed by atoms with van der Waals surface area (Å²) in [5.41, 5.74) is 0.703. The van der Waals surface area contributed by atoms with Crippen LogP contribution in [-0.4, -0.2) is 25.1 Å². The number of hydrogen-bond acceptors (Lipinski definition) is 3. The van der Waals surface area contributed by atoms with Gasteiger partial charge >= 0.3 is 5.97 Å². The minimum Gasteiger partial charge on any atom is -0.365 e. The van der Waals surface area contributed by atoms with E-state index in [1.807, 2.05) is 13.0 Å². The summed E-state index contributed by atoms with van der Waals surface area (Å²) in [6, 6.07) is 0. The van der Waals surface area contributed by atoms with Crippen LogP contribution < -0.4 is 0 Å². The first-order valence-corrected chi connectivity index (χ1v) is 7.14. The van der Waals surface area contributed by atoms with Gasteiger partial charge in [-0.15, -0.1) is 5.06 Å². The molecule has 0 amide bonds. The molecule has 0 unspecified atom stereocenters. The Morgan fingerprint density at radius 2 is 1.61 bits per heavy atom. The first-order valence-electron chi connectivity index (χ1n) is 7.14. The van der Waals surface area contributed by atoms with E-state index in [0.717, 1.165) is 6.42 Å². The molecule has 0 aromatic rings. The van der Waals surface area contributed by atoms with Crippen LogP contribution in [0.25, 0.3) is 0 Å². The molecule has 0 bridgehead atoms. The van der Waals surface area contributed by atoms with Gasteiger partial charge < -0.3 is 4.84 Å². The monoisotopic (exact) mass is 255 g/mol. The molecule has 0 aromatic carbocycles. The predicted molar refractivity (Wildman–Crippen MR) is 76.1 cm³/mol. The third kappa shape index (κ3) is 10.3. The van der Waals surface area contributed by atoms with Crippen molar-refractivity contribution < 1.29 is 9.63 Å². The maximum absolute atomic E-state index is 11.5. The van der Waals surface area contributed by atoms with Crippen LogP contribution in [0.3, 0.4) is 0 Å². The molecule has 0 spiro atoms.